The van der Waals surface area contributed by atoms with Crippen LogP contribution in [0, 0.1) is 0 Å². The molecule has 2 unspecified atom stereocenters. The summed E-state index contributed by atoms with van der Waals surface area (Å²) in [5.41, 5.74) is 0. The van der Waals surface area contributed by atoms with E-state index in [1.165, 1.54) is 0 Å². The number of rotatable bonds is 7. The quantitative estimate of drug-likeness (QED) is 0.465. The van der Waals surface area contributed by atoms with Crippen molar-refractivity contribution in [2.75, 3.05) is 13.2 Å². The van der Waals surface area contributed by atoms with E-state index in [4.69, 9.17) is 13.6 Å². The standard InChI is InChI=1S/C9H20O3Si/c1-4-5-13(12-8(2)3)11-7-9-6-10-9/h8-9,13H,4-7H2,1-3H3. The smallest absolute Gasteiger partial charge is 0.321 e. The lowest BCUT2D eigenvalue weighted by molar-refractivity contribution is 0.148. The van der Waals surface area contributed by atoms with E-state index in [9.17, 15) is 0 Å². The summed E-state index contributed by atoms with van der Waals surface area (Å²) in [6.45, 7) is 7.90. The Morgan fingerprint density at radius 1 is 1.54 bits per heavy atom. The molecule has 1 aliphatic rings. The van der Waals surface area contributed by atoms with Crippen molar-refractivity contribution in [3.8, 4) is 0 Å². The molecular weight excluding hydrogens is 184 g/mol. The summed E-state index contributed by atoms with van der Waals surface area (Å²) in [6.07, 6.45) is 1.81. The molecule has 13 heavy (non-hydrogen) atoms. The largest absolute Gasteiger partial charge is 0.394 e. The number of hydrogen-bond acceptors (Lipinski definition) is 3. The van der Waals surface area contributed by atoms with Gasteiger partial charge in [-0.1, -0.05) is 13.3 Å². The molecule has 1 heterocycles. The van der Waals surface area contributed by atoms with Gasteiger partial charge in [0.1, 0.15) is 6.10 Å². The van der Waals surface area contributed by atoms with Gasteiger partial charge in [-0.2, -0.15) is 0 Å². The molecule has 1 aliphatic heterocycles. The Labute approximate surface area is 82.2 Å². The second kappa shape index (κ2) is 5.75. The van der Waals surface area contributed by atoms with Crippen LogP contribution in [0.4, 0.5) is 0 Å². The van der Waals surface area contributed by atoms with Gasteiger partial charge in [-0.3, -0.25) is 0 Å². The molecule has 0 bridgehead atoms. The predicted octanol–water partition coefficient (Wildman–Crippen LogP) is 1.46. The van der Waals surface area contributed by atoms with E-state index in [0.29, 0.717) is 12.2 Å². The van der Waals surface area contributed by atoms with Gasteiger partial charge in [-0.25, -0.2) is 0 Å². The molecule has 1 saturated heterocycles. The van der Waals surface area contributed by atoms with Gasteiger partial charge >= 0.3 is 9.28 Å². The maximum absolute atomic E-state index is 5.73. The number of hydrogen-bond donors (Lipinski definition) is 0. The summed E-state index contributed by atoms with van der Waals surface area (Å²) >= 11 is 0. The zero-order valence-electron chi connectivity index (χ0n) is 8.79. The molecule has 0 aliphatic carbocycles. The average molecular weight is 204 g/mol. The third-order valence-electron chi connectivity index (χ3n) is 1.82. The number of ether oxygens (including phenoxy) is 1. The summed E-state index contributed by atoms with van der Waals surface area (Å²) in [7, 11) is -1.39. The summed E-state index contributed by atoms with van der Waals surface area (Å²) in [5, 5.41) is 0. The second-order valence-corrected chi connectivity index (χ2v) is 5.73. The van der Waals surface area contributed by atoms with Crippen LogP contribution in [0.15, 0.2) is 0 Å². The van der Waals surface area contributed by atoms with Crippen LogP contribution in [-0.2, 0) is 13.6 Å². The van der Waals surface area contributed by atoms with Gasteiger partial charge in [0, 0.05) is 6.10 Å². The van der Waals surface area contributed by atoms with Gasteiger partial charge in [-0.05, 0) is 19.9 Å². The SMILES string of the molecule is CCC[SiH](OCC1CO1)OC(C)C. The molecule has 3 nitrogen and oxygen atoms in total. The van der Waals surface area contributed by atoms with Crippen LogP contribution in [0.3, 0.4) is 0 Å². The van der Waals surface area contributed by atoms with Crippen molar-refractivity contribution in [2.24, 2.45) is 0 Å². The van der Waals surface area contributed by atoms with Gasteiger partial charge in [0.05, 0.1) is 13.2 Å². The average Bonchev–Trinajstić information content (AvgIpc) is 2.82. The minimum atomic E-state index is -1.39. The van der Waals surface area contributed by atoms with E-state index in [-0.39, 0.29) is 0 Å². The van der Waals surface area contributed by atoms with Crippen LogP contribution in [0.25, 0.3) is 0 Å². The first-order chi connectivity index (χ1) is 6.22. The highest BCUT2D eigenvalue weighted by Gasteiger charge is 2.25. The third-order valence-corrected chi connectivity index (χ3v) is 4.28. The molecule has 0 radical (unpaired) electrons. The van der Waals surface area contributed by atoms with E-state index in [2.05, 4.69) is 20.8 Å². The van der Waals surface area contributed by atoms with Crippen molar-refractivity contribution in [1.29, 1.82) is 0 Å². The molecule has 0 N–H and O–H groups in total. The van der Waals surface area contributed by atoms with Gasteiger partial charge in [-0.15, -0.1) is 0 Å². The zero-order valence-corrected chi connectivity index (χ0v) is 9.94. The summed E-state index contributed by atoms with van der Waals surface area (Å²) in [4.78, 5) is 0. The van der Waals surface area contributed by atoms with Crippen molar-refractivity contribution >= 4 is 9.28 Å². The van der Waals surface area contributed by atoms with Crippen LogP contribution in [-0.4, -0.2) is 34.7 Å². The lowest BCUT2D eigenvalue weighted by Gasteiger charge is -2.18. The van der Waals surface area contributed by atoms with E-state index in [0.717, 1.165) is 25.7 Å². The minimum absolute atomic E-state index is 0.295. The highest BCUT2D eigenvalue weighted by molar-refractivity contribution is 6.44. The van der Waals surface area contributed by atoms with E-state index in [1.54, 1.807) is 0 Å². The lowest BCUT2D eigenvalue weighted by Crippen LogP contribution is -2.27. The Kier molecular flexibility index (Phi) is 4.94. The van der Waals surface area contributed by atoms with Crippen LogP contribution in [0.1, 0.15) is 27.2 Å². The molecule has 0 aromatic heterocycles. The second-order valence-electron chi connectivity index (χ2n) is 3.69. The molecular formula is C9H20O3Si. The van der Waals surface area contributed by atoms with E-state index >= 15 is 0 Å². The van der Waals surface area contributed by atoms with Crippen LogP contribution in [0.2, 0.25) is 6.04 Å². The first-order valence-electron chi connectivity index (χ1n) is 5.11. The lowest BCUT2D eigenvalue weighted by atomic mass is 10.5. The third kappa shape index (κ3) is 5.41. The van der Waals surface area contributed by atoms with Crippen LogP contribution < -0.4 is 0 Å². The maximum atomic E-state index is 5.73. The fourth-order valence-electron chi connectivity index (χ4n) is 1.11. The summed E-state index contributed by atoms with van der Waals surface area (Å²) in [6, 6.07) is 1.10. The molecule has 0 amide bonds. The molecule has 78 valence electrons. The molecule has 0 aromatic carbocycles. The normalized spacial score (nSPS) is 23.5. The minimum Gasteiger partial charge on any atom is -0.394 e. The predicted molar refractivity (Wildman–Crippen MR) is 54.2 cm³/mol. The fourth-order valence-corrected chi connectivity index (χ4v) is 3.00. The van der Waals surface area contributed by atoms with E-state index < -0.39 is 9.28 Å². The van der Waals surface area contributed by atoms with Crippen molar-refractivity contribution < 1.29 is 13.6 Å². The fraction of sp³-hybridized carbons (Fsp3) is 1.00. The molecule has 0 spiro atoms. The Bertz CT molecular complexity index is 137. The van der Waals surface area contributed by atoms with Crippen LogP contribution >= 0.6 is 0 Å². The van der Waals surface area contributed by atoms with Gasteiger partial charge in [0.25, 0.3) is 0 Å². The van der Waals surface area contributed by atoms with Crippen molar-refractivity contribution in [3.05, 3.63) is 0 Å². The Morgan fingerprint density at radius 3 is 2.69 bits per heavy atom. The first kappa shape index (κ1) is 11.2. The van der Waals surface area contributed by atoms with Crippen molar-refractivity contribution in [1.82, 2.24) is 0 Å². The Balaban J connectivity index is 2.11. The summed E-state index contributed by atoms with van der Waals surface area (Å²) < 4.78 is 16.5. The van der Waals surface area contributed by atoms with Gasteiger partial charge < -0.3 is 13.6 Å². The molecule has 2 atom stereocenters. The topological polar surface area (TPSA) is 31.0 Å². The number of epoxide rings is 1. The Hall–Kier alpha value is 0.0969. The Morgan fingerprint density at radius 2 is 2.23 bits per heavy atom. The molecule has 1 fully saturated rings. The highest BCUT2D eigenvalue weighted by Crippen LogP contribution is 2.12. The molecule has 4 heteroatoms. The molecule has 1 rings (SSSR count). The maximum Gasteiger partial charge on any atom is 0.321 e. The van der Waals surface area contributed by atoms with Crippen molar-refractivity contribution in [3.63, 3.8) is 0 Å². The summed E-state index contributed by atoms with van der Waals surface area (Å²) in [5.74, 6) is 0. The van der Waals surface area contributed by atoms with Crippen molar-refractivity contribution in [2.45, 2.75) is 45.4 Å². The van der Waals surface area contributed by atoms with Crippen LogP contribution in [0.5, 0.6) is 0 Å². The zero-order chi connectivity index (χ0) is 9.68. The van der Waals surface area contributed by atoms with E-state index in [1.807, 2.05) is 0 Å². The highest BCUT2D eigenvalue weighted by atomic mass is 28.3. The first-order valence-corrected chi connectivity index (χ1v) is 6.87. The monoisotopic (exact) mass is 204 g/mol. The van der Waals surface area contributed by atoms with Gasteiger partial charge in [0.15, 0.2) is 0 Å². The van der Waals surface area contributed by atoms with Gasteiger partial charge in [0.2, 0.25) is 0 Å². The molecule has 0 saturated carbocycles. The molecule has 0 aromatic rings.